The molecule has 27 heavy (non-hydrogen) atoms. The van der Waals surface area contributed by atoms with E-state index in [-0.39, 0.29) is 5.91 Å². The van der Waals surface area contributed by atoms with Crippen molar-refractivity contribution >= 4 is 29.2 Å². The molecular weight excluding hydrogens is 366 g/mol. The van der Waals surface area contributed by atoms with Crippen LogP contribution in [-0.4, -0.2) is 24.6 Å². The molecule has 0 radical (unpaired) electrons. The number of halogens is 1. The van der Waals surface area contributed by atoms with Crippen LogP contribution in [0, 0.1) is 20.8 Å². The lowest BCUT2D eigenvalue weighted by Crippen LogP contribution is -2.30. The number of nitrogens with one attached hydrogen (secondary N) is 1. The highest BCUT2D eigenvalue weighted by molar-refractivity contribution is 6.32. The molecule has 0 fully saturated rings. The molecule has 1 N–H and O–H groups in total. The smallest absolute Gasteiger partial charge is 0.338 e. The van der Waals surface area contributed by atoms with Crippen molar-refractivity contribution < 1.29 is 19.1 Å². The summed E-state index contributed by atoms with van der Waals surface area (Å²) in [6.45, 7) is 9.24. The highest BCUT2D eigenvalue weighted by atomic mass is 35.5. The number of anilines is 1. The summed E-state index contributed by atoms with van der Waals surface area (Å²) in [5, 5.41) is 3.50. The van der Waals surface area contributed by atoms with Gasteiger partial charge in [0.15, 0.2) is 6.10 Å². The monoisotopic (exact) mass is 389 g/mol. The third-order valence-corrected chi connectivity index (χ3v) is 4.78. The van der Waals surface area contributed by atoms with Crippen LogP contribution in [0.25, 0.3) is 0 Å². The zero-order valence-corrected chi connectivity index (χ0v) is 16.9. The molecule has 1 amide bonds. The van der Waals surface area contributed by atoms with Gasteiger partial charge in [-0.15, -0.1) is 0 Å². The number of benzene rings is 2. The van der Waals surface area contributed by atoms with Crippen molar-refractivity contribution in [3.8, 4) is 5.75 Å². The summed E-state index contributed by atoms with van der Waals surface area (Å²) in [5.74, 6) is -0.152. The van der Waals surface area contributed by atoms with Gasteiger partial charge in [-0.2, -0.15) is 0 Å². The lowest BCUT2D eigenvalue weighted by molar-refractivity contribution is -0.122. The number of ether oxygens (including phenoxy) is 2. The molecule has 0 bridgehead atoms. The van der Waals surface area contributed by atoms with Crippen LogP contribution >= 0.6 is 11.6 Å². The van der Waals surface area contributed by atoms with E-state index in [1.807, 2.05) is 13.8 Å². The molecule has 144 valence electrons. The Hall–Kier alpha value is -2.53. The zero-order valence-electron chi connectivity index (χ0n) is 16.2. The molecule has 0 aliphatic rings. The average molecular weight is 390 g/mol. The lowest BCUT2D eigenvalue weighted by atomic mass is 10.1. The average Bonchev–Trinajstić information content (AvgIpc) is 2.61. The maximum absolute atomic E-state index is 12.5. The Bertz CT molecular complexity index is 840. The van der Waals surface area contributed by atoms with Gasteiger partial charge in [0, 0.05) is 10.7 Å². The minimum absolute atomic E-state index is 0.291. The number of rotatable bonds is 6. The van der Waals surface area contributed by atoms with E-state index in [9.17, 15) is 9.59 Å². The Morgan fingerprint density at radius 2 is 1.78 bits per heavy atom. The van der Waals surface area contributed by atoms with Crippen molar-refractivity contribution in [2.24, 2.45) is 0 Å². The molecule has 6 heteroatoms. The molecule has 0 unspecified atom stereocenters. The van der Waals surface area contributed by atoms with Crippen molar-refractivity contribution in [3.63, 3.8) is 0 Å². The first-order valence-corrected chi connectivity index (χ1v) is 9.13. The minimum atomic E-state index is -0.726. The second-order valence-electron chi connectivity index (χ2n) is 6.32. The fourth-order valence-corrected chi connectivity index (χ4v) is 2.78. The minimum Gasteiger partial charge on any atom is -0.481 e. The van der Waals surface area contributed by atoms with Gasteiger partial charge in [-0.05, 0) is 75.6 Å². The van der Waals surface area contributed by atoms with Crippen LogP contribution in [0.2, 0.25) is 5.02 Å². The van der Waals surface area contributed by atoms with E-state index in [2.05, 4.69) is 5.32 Å². The van der Waals surface area contributed by atoms with E-state index in [0.29, 0.717) is 34.2 Å². The first-order chi connectivity index (χ1) is 12.7. The second-order valence-corrected chi connectivity index (χ2v) is 6.70. The van der Waals surface area contributed by atoms with Crippen molar-refractivity contribution in [1.82, 2.24) is 0 Å². The van der Waals surface area contributed by atoms with E-state index in [4.69, 9.17) is 21.1 Å². The summed E-state index contributed by atoms with van der Waals surface area (Å²) in [6, 6.07) is 8.70. The standard InChI is InChI=1S/C21H24ClNO4/c1-6-26-21(25)17-8-7-9-18(14(17)4)23-20(24)15(5)27-16-10-12(2)19(22)13(3)11-16/h7-11,15H,6H2,1-5H3,(H,23,24)/t15-/m1/s1. The van der Waals surface area contributed by atoms with Crippen LogP contribution in [0.5, 0.6) is 5.75 Å². The SMILES string of the molecule is CCOC(=O)c1cccc(NC(=O)[C@@H](C)Oc2cc(C)c(Cl)c(C)c2)c1C. The van der Waals surface area contributed by atoms with Gasteiger partial charge in [-0.1, -0.05) is 17.7 Å². The molecule has 0 saturated heterocycles. The highest BCUT2D eigenvalue weighted by Gasteiger charge is 2.19. The third-order valence-electron chi connectivity index (χ3n) is 4.18. The summed E-state index contributed by atoms with van der Waals surface area (Å²) in [7, 11) is 0. The molecule has 1 atom stereocenters. The quantitative estimate of drug-likeness (QED) is 0.717. The normalized spacial score (nSPS) is 11.6. The van der Waals surface area contributed by atoms with Gasteiger partial charge in [-0.3, -0.25) is 4.79 Å². The van der Waals surface area contributed by atoms with Gasteiger partial charge < -0.3 is 14.8 Å². The number of amides is 1. The molecule has 2 aromatic carbocycles. The topological polar surface area (TPSA) is 64.6 Å². The van der Waals surface area contributed by atoms with Crippen molar-refractivity contribution in [2.45, 2.75) is 40.7 Å². The van der Waals surface area contributed by atoms with E-state index >= 15 is 0 Å². The van der Waals surface area contributed by atoms with Crippen LogP contribution in [0.4, 0.5) is 5.69 Å². The van der Waals surface area contributed by atoms with Gasteiger partial charge in [0.25, 0.3) is 5.91 Å². The van der Waals surface area contributed by atoms with Gasteiger partial charge >= 0.3 is 5.97 Å². The summed E-state index contributed by atoms with van der Waals surface area (Å²) >= 11 is 6.16. The van der Waals surface area contributed by atoms with Crippen LogP contribution in [-0.2, 0) is 9.53 Å². The molecule has 2 rings (SSSR count). The highest BCUT2D eigenvalue weighted by Crippen LogP contribution is 2.27. The van der Waals surface area contributed by atoms with Crippen LogP contribution in [0.15, 0.2) is 30.3 Å². The fraction of sp³-hybridized carbons (Fsp3) is 0.333. The number of esters is 1. The van der Waals surface area contributed by atoms with E-state index in [1.54, 1.807) is 51.1 Å². The molecule has 2 aromatic rings. The fourth-order valence-electron chi connectivity index (χ4n) is 2.67. The third kappa shape index (κ3) is 5.01. The maximum atomic E-state index is 12.5. The van der Waals surface area contributed by atoms with Gasteiger partial charge in [0.2, 0.25) is 0 Å². The molecule has 0 spiro atoms. The van der Waals surface area contributed by atoms with Gasteiger partial charge in [0.1, 0.15) is 5.75 Å². The van der Waals surface area contributed by atoms with E-state index in [0.717, 1.165) is 11.1 Å². The molecule has 0 heterocycles. The summed E-state index contributed by atoms with van der Waals surface area (Å²) in [5.41, 5.74) is 3.39. The predicted octanol–water partition coefficient (Wildman–Crippen LogP) is 4.85. The van der Waals surface area contributed by atoms with Gasteiger partial charge in [0.05, 0.1) is 12.2 Å². The molecule has 0 aromatic heterocycles. The summed E-state index contributed by atoms with van der Waals surface area (Å²) < 4.78 is 10.8. The molecule has 0 aliphatic carbocycles. The summed E-state index contributed by atoms with van der Waals surface area (Å²) in [6.07, 6.45) is -0.726. The summed E-state index contributed by atoms with van der Waals surface area (Å²) in [4.78, 5) is 24.5. The second kappa shape index (κ2) is 8.91. The maximum Gasteiger partial charge on any atom is 0.338 e. The van der Waals surface area contributed by atoms with Gasteiger partial charge in [-0.25, -0.2) is 4.79 Å². The first kappa shape index (κ1) is 20.8. The van der Waals surface area contributed by atoms with E-state index < -0.39 is 12.1 Å². The Balaban J connectivity index is 2.13. The number of hydrogen-bond acceptors (Lipinski definition) is 4. The Morgan fingerprint density at radius 3 is 2.37 bits per heavy atom. The molecular formula is C21H24ClNO4. The lowest BCUT2D eigenvalue weighted by Gasteiger charge is -2.17. The Kier molecular flexibility index (Phi) is 6.86. The zero-order chi connectivity index (χ0) is 20.1. The van der Waals surface area contributed by atoms with Crippen LogP contribution in [0.1, 0.15) is 40.9 Å². The van der Waals surface area contributed by atoms with Crippen LogP contribution in [0.3, 0.4) is 0 Å². The number of hydrogen-bond donors (Lipinski definition) is 1. The largest absolute Gasteiger partial charge is 0.481 e. The van der Waals surface area contributed by atoms with Crippen molar-refractivity contribution in [1.29, 1.82) is 0 Å². The molecule has 5 nitrogen and oxygen atoms in total. The molecule has 0 saturated carbocycles. The number of aryl methyl sites for hydroxylation is 2. The molecule has 0 aliphatic heterocycles. The Labute approximate surface area is 164 Å². The first-order valence-electron chi connectivity index (χ1n) is 8.75. The number of carbonyl (C=O) groups excluding carboxylic acids is 2. The Morgan fingerprint density at radius 1 is 1.15 bits per heavy atom. The number of carbonyl (C=O) groups is 2. The van der Waals surface area contributed by atoms with Crippen molar-refractivity contribution in [2.75, 3.05) is 11.9 Å². The van der Waals surface area contributed by atoms with E-state index in [1.165, 1.54) is 0 Å². The van der Waals surface area contributed by atoms with Crippen molar-refractivity contribution in [3.05, 3.63) is 57.6 Å². The predicted molar refractivity (Wildman–Crippen MR) is 107 cm³/mol. The van der Waals surface area contributed by atoms with Crippen LogP contribution < -0.4 is 10.1 Å².